The summed E-state index contributed by atoms with van der Waals surface area (Å²) in [6.45, 7) is 2.10. The van der Waals surface area contributed by atoms with Crippen molar-refractivity contribution in [3.63, 3.8) is 0 Å². The van der Waals surface area contributed by atoms with Gasteiger partial charge in [0, 0.05) is 12.4 Å². The van der Waals surface area contributed by atoms with Crippen LogP contribution in [0.3, 0.4) is 0 Å². The van der Waals surface area contributed by atoms with Gasteiger partial charge in [-0.25, -0.2) is 14.8 Å². The molecule has 1 N–H and O–H groups in total. The largest absolute Gasteiger partial charge is 0.464 e. The second kappa shape index (κ2) is 6.44. The number of carbonyl (C=O) groups excluding carboxylic acids is 1. The fourth-order valence-electron chi connectivity index (χ4n) is 0.881. The number of hydrogen-bond acceptors (Lipinski definition) is 6. The van der Waals surface area contributed by atoms with Crippen LogP contribution in [-0.2, 0) is 4.74 Å². The van der Waals surface area contributed by atoms with E-state index in [1.165, 1.54) is 31.3 Å². The topological polar surface area (TPSA) is 72.3 Å². The molecule has 1 atom stereocenters. The zero-order valence-electron chi connectivity index (χ0n) is 9.21. The van der Waals surface area contributed by atoms with Gasteiger partial charge in [0.05, 0.1) is 19.5 Å². The van der Waals surface area contributed by atoms with Crippen LogP contribution >= 0.6 is 11.8 Å². The van der Waals surface area contributed by atoms with E-state index in [4.69, 9.17) is 5.11 Å². The summed E-state index contributed by atoms with van der Waals surface area (Å²) in [5.74, 6) is 0.489. The minimum atomic E-state index is -0.493. The quantitative estimate of drug-likeness (QED) is 0.613. The predicted octanol–water partition coefficient (Wildman–Crippen LogP) is 0.984. The third-order valence-corrected chi connectivity index (χ3v) is 3.09. The lowest BCUT2D eigenvalue weighted by Crippen LogP contribution is -2.06. The molecule has 1 rings (SSSR count). The van der Waals surface area contributed by atoms with Crippen molar-refractivity contribution in [2.75, 3.05) is 19.5 Å². The van der Waals surface area contributed by atoms with E-state index in [0.717, 1.165) is 10.8 Å². The third kappa shape index (κ3) is 3.79. The first kappa shape index (κ1) is 12.9. The Labute approximate surface area is 98.3 Å². The molecule has 0 aliphatic carbocycles. The molecule has 0 aliphatic rings. The van der Waals surface area contributed by atoms with Crippen LogP contribution in [0.25, 0.3) is 0 Å². The second-order valence-corrected chi connectivity index (χ2v) is 4.37. The number of hydrogen-bond donors (Lipinski definition) is 1. The summed E-state index contributed by atoms with van der Waals surface area (Å²) in [6.07, 6.45) is 2.92. The zero-order valence-corrected chi connectivity index (χ0v) is 10.0. The molecule has 0 radical (unpaired) electrons. The van der Waals surface area contributed by atoms with Gasteiger partial charge in [0.2, 0.25) is 0 Å². The Bertz CT molecular complexity index is 342. The Kier molecular flexibility index (Phi) is 5.21. The molecule has 6 heteroatoms. The van der Waals surface area contributed by atoms with E-state index in [2.05, 4.69) is 14.7 Å². The lowest BCUT2D eigenvalue weighted by molar-refractivity contribution is 0.0593. The van der Waals surface area contributed by atoms with Crippen molar-refractivity contribution in [2.45, 2.75) is 11.9 Å². The summed E-state index contributed by atoms with van der Waals surface area (Å²) in [7, 11) is 1.30. The maximum atomic E-state index is 11.1. The smallest absolute Gasteiger partial charge is 0.358 e. The lowest BCUT2D eigenvalue weighted by atomic mass is 10.2. The van der Waals surface area contributed by atoms with Crippen LogP contribution in [0, 0.1) is 5.92 Å². The molecule has 88 valence electrons. The van der Waals surface area contributed by atoms with E-state index in [0.29, 0.717) is 0 Å². The average Bonchev–Trinajstić information content (AvgIpc) is 2.35. The van der Waals surface area contributed by atoms with Crippen molar-refractivity contribution in [1.82, 2.24) is 9.97 Å². The fraction of sp³-hybridized carbons (Fsp3) is 0.500. The SMILES string of the molecule is COC(=O)c1cnc(SCC(C)CO)cn1. The fourth-order valence-corrected chi connectivity index (χ4v) is 1.70. The standard InChI is InChI=1S/C10H14N2O3S/c1-7(5-13)6-16-9-4-11-8(3-12-9)10(14)15-2/h3-4,7,13H,5-6H2,1-2H3. The molecule has 5 nitrogen and oxygen atoms in total. The molecule has 0 aliphatic heterocycles. The molecular formula is C10H14N2O3S. The number of aromatic nitrogens is 2. The van der Waals surface area contributed by atoms with Crippen molar-refractivity contribution in [2.24, 2.45) is 5.92 Å². The summed E-state index contributed by atoms with van der Waals surface area (Å²) in [5, 5.41) is 9.58. The normalized spacial score (nSPS) is 12.2. The van der Waals surface area contributed by atoms with E-state index < -0.39 is 5.97 Å². The van der Waals surface area contributed by atoms with Crippen molar-refractivity contribution in [3.05, 3.63) is 18.1 Å². The molecule has 0 aromatic carbocycles. The Morgan fingerprint density at radius 3 is 2.81 bits per heavy atom. The van der Waals surface area contributed by atoms with Gasteiger partial charge in [-0.2, -0.15) is 0 Å². The van der Waals surface area contributed by atoms with Gasteiger partial charge in [0.1, 0.15) is 5.03 Å². The number of esters is 1. The molecule has 16 heavy (non-hydrogen) atoms. The molecule has 0 bridgehead atoms. The maximum absolute atomic E-state index is 11.1. The molecule has 1 aromatic heterocycles. The number of ether oxygens (including phenoxy) is 1. The van der Waals surface area contributed by atoms with Crippen molar-refractivity contribution in [1.29, 1.82) is 0 Å². The van der Waals surface area contributed by atoms with Crippen LogP contribution in [0.15, 0.2) is 17.4 Å². The Hall–Kier alpha value is -1.14. The number of carbonyl (C=O) groups is 1. The summed E-state index contributed by atoms with van der Waals surface area (Å²) in [4.78, 5) is 19.1. The van der Waals surface area contributed by atoms with E-state index in [1.54, 1.807) is 0 Å². The van der Waals surface area contributed by atoms with E-state index in [9.17, 15) is 4.79 Å². The third-order valence-electron chi connectivity index (χ3n) is 1.85. The molecule has 0 saturated heterocycles. The minimum absolute atomic E-state index is 0.153. The Morgan fingerprint density at radius 1 is 1.56 bits per heavy atom. The van der Waals surface area contributed by atoms with Crippen LogP contribution in [0.4, 0.5) is 0 Å². The van der Waals surface area contributed by atoms with E-state index in [-0.39, 0.29) is 18.2 Å². The zero-order chi connectivity index (χ0) is 12.0. The van der Waals surface area contributed by atoms with E-state index in [1.807, 2.05) is 6.92 Å². The number of nitrogens with zero attached hydrogens (tertiary/aromatic N) is 2. The molecule has 0 saturated carbocycles. The van der Waals surface area contributed by atoms with Gasteiger partial charge in [0.25, 0.3) is 0 Å². The van der Waals surface area contributed by atoms with Gasteiger partial charge < -0.3 is 9.84 Å². The van der Waals surface area contributed by atoms with E-state index >= 15 is 0 Å². The monoisotopic (exact) mass is 242 g/mol. The van der Waals surface area contributed by atoms with Crippen LogP contribution in [0.5, 0.6) is 0 Å². The van der Waals surface area contributed by atoms with Crippen molar-refractivity contribution < 1.29 is 14.6 Å². The van der Waals surface area contributed by atoms with Gasteiger partial charge in [0.15, 0.2) is 5.69 Å². The molecule has 0 amide bonds. The van der Waals surface area contributed by atoms with Gasteiger partial charge in [-0.15, -0.1) is 11.8 Å². The van der Waals surface area contributed by atoms with Crippen LogP contribution in [0.1, 0.15) is 17.4 Å². The second-order valence-electron chi connectivity index (χ2n) is 3.33. The predicted molar refractivity (Wildman–Crippen MR) is 60.3 cm³/mol. The highest BCUT2D eigenvalue weighted by Gasteiger charge is 2.08. The number of aliphatic hydroxyl groups is 1. The Balaban J connectivity index is 2.54. The summed E-state index contributed by atoms with van der Waals surface area (Å²) in [6, 6.07) is 0. The lowest BCUT2D eigenvalue weighted by Gasteiger charge is -2.06. The minimum Gasteiger partial charge on any atom is -0.464 e. The van der Waals surface area contributed by atoms with Crippen molar-refractivity contribution >= 4 is 17.7 Å². The van der Waals surface area contributed by atoms with Gasteiger partial charge in [-0.05, 0) is 5.92 Å². The molecule has 1 heterocycles. The highest BCUT2D eigenvalue weighted by molar-refractivity contribution is 7.99. The number of rotatable bonds is 5. The molecule has 0 fully saturated rings. The van der Waals surface area contributed by atoms with Crippen LogP contribution in [0.2, 0.25) is 0 Å². The molecule has 0 spiro atoms. The maximum Gasteiger partial charge on any atom is 0.358 e. The first-order chi connectivity index (χ1) is 7.67. The number of methoxy groups -OCH3 is 1. The Morgan fingerprint density at radius 2 is 2.31 bits per heavy atom. The van der Waals surface area contributed by atoms with Crippen molar-refractivity contribution in [3.8, 4) is 0 Å². The number of aliphatic hydroxyl groups excluding tert-OH is 1. The van der Waals surface area contributed by atoms with Gasteiger partial charge in [-0.3, -0.25) is 0 Å². The highest BCUT2D eigenvalue weighted by Crippen LogP contribution is 2.17. The summed E-state index contributed by atoms with van der Waals surface area (Å²) < 4.78 is 4.51. The molecule has 1 aromatic rings. The van der Waals surface area contributed by atoms with Gasteiger partial charge >= 0.3 is 5.97 Å². The van der Waals surface area contributed by atoms with Crippen LogP contribution < -0.4 is 0 Å². The summed E-state index contributed by atoms with van der Waals surface area (Å²) >= 11 is 1.50. The number of thioether (sulfide) groups is 1. The van der Waals surface area contributed by atoms with Gasteiger partial charge in [-0.1, -0.05) is 6.92 Å². The van der Waals surface area contributed by atoms with Crippen LogP contribution in [-0.4, -0.2) is 40.5 Å². The summed E-state index contributed by atoms with van der Waals surface area (Å²) in [5.41, 5.74) is 0.196. The highest BCUT2D eigenvalue weighted by atomic mass is 32.2. The molecule has 1 unspecified atom stereocenters. The molecular weight excluding hydrogens is 228 g/mol. The average molecular weight is 242 g/mol. The first-order valence-electron chi connectivity index (χ1n) is 4.81. The first-order valence-corrected chi connectivity index (χ1v) is 5.80.